The van der Waals surface area contributed by atoms with Gasteiger partial charge in [0.15, 0.2) is 0 Å². The third kappa shape index (κ3) is 2.22. The van der Waals surface area contributed by atoms with Gasteiger partial charge in [-0.25, -0.2) is 0 Å². The van der Waals surface area contributed by atoms with Gasteiger partial charge in [-0.3, -0.25) is 4.79 Å². The molecule has 3 rings (SSSR count). The van der Waals surface area contributed by atoms with E-state index in [2.05, 4.69) is 24.1 Å². The maximum absolute atomic E-state index is 12.4. The first-order chi connectivity index (χ1) is 8.74. The topological polar surface area (TPSA) is 20.3 Å². The van der Waals surface area contributed by atoms with E-state index in [1.54, 1.807) is 0 Å². The number of ketones is 1. The van der Waals surface area contributed by atoms with Gasteiger partial charge in [0.1, 0.15) is 5.78 Å². The van der Waals surface area contributed by atoms with Crippen LogP contribution in [0.25, 0.3) is 0 Å². The van der Waals surface area contributed by atoms with Gasteiger partial charge in [0.2, 0.25) is 0 Å². The predicted octanol–water partition coefficient (Wildman–Crippen LogP) is 2.67. The minimum atomic E-state index is 0.305. The molecule has 2 saturated heterocycles. The molecule has 1 unspecified atom stereocenters. The van der Waals surface area contributed by atoms with Crippen molar-refractivity contribution in [2.24, 2.45) is 5.92 Å². The monoisotopic (exact) mass is 243 g/mol. The molecule has 2 aliphatic rings. The van der Waals surface area contributed by atoms with Crippen LogP contribution < -0.4 is 0 Å². The number of nitrogens with zero attached hydrogens (tertiary/aromatic N) is 1. The highest BCUT2D eigenvalue weighted by Gasteiger charge is 2.40. The lowest BCUT2D eigenvalue weighted by Crippen LogP contribution is -2.42. The number of fused-ring (bicyclic) bond motifs is 2. The van der Waals surface area contributed by atoms with Gasteiger partial charge >= 0.3 is 0 Å². The van der Waals surface area contributed by atoms with E-state index in [-0.39, 0.29) is 0 Å². The maximum atomic E-state index is 12.4. The van der Waals surface area contributed by atoms with Crippen molar-refractivity contribution in [2.75, 3.05) is 7.05 Å². The van der Waals surface area contributed by atoms with E-state index in [1.807, 2.05) is 18.2 Å². The molecule has 1 aromatic carbocycles. The highest BCUT2D eigenvalue weighted by atomic mass is 16.1. The summed E-state index contributed by atoms with van der Waals surface area (Å²) in [5.41, 5.74) is 1.16. The Morgan fingerprint density at radius 2 is 1.78 bits per heavy atom. The summed E-state index contributed by atoms with van der Waals surface area (Å²) in [5, 5.41) is 0. The molecule has 0 radical (unpaired) electrons. The van der Waals surface area contributed by atoms with Crippen LogP contribution in [-0.4, -0.2) is 29.8 Å². The van der Waals surface area contributed by atoms with E-state index in [9.17, 15) is 4.79 Å². The number of Topliss-reactive ketones (excluding diaryl/α,β-unsaturated/α-hetero) is 1. The normalized spacial score (nSPS) is 31.5. The lowest BCUT2D eigenvalue weighted by Gasteiger charge is -2.35. The molecule has 0 spiro atoms. The number of carbonyl (C=O) groups excluding carboxylic acids is 1. The quantitative estimate of drug-likeness (QED) is 0.813. The van der Waals surface area contributed by atoms with Crippen LogP contribution in [0.3, 0.4) is 0 Å². The summed E-state index contributed by atoms with van der Waals surface area (Å²) in [6, 6.07) is 11.5. The summed E-state index contributed by atoms with van der Waals surface area (Å²) in [6.45, 7) is 0. The third-order valence-corrected chi connectivity index (χ3v) is 4.77. The lowest BCUT2D eigenvalue weighted by molar-refractivity contribution is -0.124. The second kappa shape index (κ2) is 4.85. The smallest absolute Gasteiger partial charge is 0.140 e. The molecule has 3 atom stereocenters. The van der Waals surface area contributed by atoms with Crippen LogP contribution in [-0.2, 0) is 11.2 Å². The second-order valence-electron chi connectivity index (χ2n) is 5.85. The average molecular weight is 243 g/mol. The number of benzene rings is 1. The molecule has 0 aromatic heterocycles. The minimum absolute atomic E-state index is 0.305. The van der Waals surface area contributed by atoms with Crippen molar-refractivity contribution >= 4 is 5.78 Å². The Morgan fingerprint density at radius 1 is 1.17 bits per heavy atom. The molecule has 2 nitrogen and oxygen atoms in total. The van der Waals surface area contributed by atoms with E-state index in [0.717, 1.165) is 18.4 Å². The minimum Gasteiger partial charge on any atom is -0.300 e. The van der Waals surface area contributed by atoms with Crippen molar-refractivity contribution in [3.8, 4) is 0 Å². The zero-order chi connectivity index (χ0) is 12.5. The first kappa shape index (κ1) is 11.9. The largest absolute Gasteiger partial charge is 0.300 e. The summed E-state index contributed by atoms with van der Waals surface area (Å²) in [4.78, 5) is 14.9. The molecule has 2 bridgehead atoms. The Hall–Kier alpha value is -1.15. The fourth-order valence-corrected chi connectivity index (χ4v) is 3.62. The van der Waals surface area contributed by atoms with Crippen LogP contribution in [0.15, 0.2) is 30.3 Å². The van der Waals surface area contributed by atoms with Crippen molar-refractivity contribution in [1.29, 1.82) is 0 Å². The number of hydrogen-bond donors (Lipinski definition) is 0. The predicted molar refractivity (Wildman–Crippen MR) is 72.5 cm³/mol. The Bertz CT molecular complexity index is 414. The van der Waals surface area contributed by atoms with Gasteiger partial charge in [-0.05, 0) is 38.3 Å². The molecule has 0 aliphatic carbocycles. The maximum Gasteiger partial charge on any atom is 0.140 e. The molecular formula is C16H21NO. The van der Waals surface area contributed by atoms with E-state index in [0.29, 0.717) is 30.2 Å². The van der Waals surface area contributed by atoms with Crippen LogP contribution in [0.1, 0.15) is 31.2 Å². The van der Waals surface area contributed by atoms with Crippen LogP contribution in [0.2, 0.25) is 0 Å². The molecule has 96 valence electrons. The highest BCUT2D eigenvalue weighted by Crippen LogP contribution is 2.38. The molecule has 2 aliphatic heterocycles. The average Bonchev–Trinajstić information content (AvgIpc) is 2.63. The van der Waals surface area contributed by atoms with Crippen molar-refractivity contribution < 1.29 is 4.79 Å². The number of carbonyl (C=O) groups is 1. The SMILES string of the molecule is CN1[C@@H]2CC[C@H]1CC(C(=O)Cc1ccccc1)C2. The molecule has 1 aromatic rings. The number of rotatable bonds is 3. The van der Waals surface area contributed by atoms with Crippen molar-refractivity contribution in [1.82, 2.24) is 4.90 Å². The van der Waals surface area contributed by atoms with Gasteiger partial charge in [0.25, 0.3) is 0 Å². The Morgan fingerprint density at radius 3 is 2.39 bits per heavy atom. The van der Waals surface area contributed by atoms with Gasteiger partial charge in [-0.2, -0.15) is 0 Å². The molecule has 2 heteroatoms. The summed E-state index contributed by atoms with van der Waals surface area (Å²) in [7, 11) is 2.22. The van der Waals surface area contributed by atoms with E-state index < -0.39 is 0 Å². The second-order valence-corrected chi connectivity index (χ2v) is 5.85. The van der Waals surface area contributed by atoms with Crippen molar-refractivity contribution in [2.45, 2.75) is 44.2 Å². The Kier molecular flexibility index (Phi) is 3.21. The first-order valence-corrected chi connectivity index (χ1v) is 7.02. The third-order valence-electron chi connectivity index (χ3n) is 4.77. The standard InChI is InChI=1S/C16H21NO/c1-17-14-7-8-15(17)11-13(10-14)16(18)9-12-5-3-2-4-6-12/h2-6,13-15H,7-11H2,1H3/t13?,14-,15+. The summed E-state index contributed by atoms with van der Waals surface area (Å²) < 4.78 is 0. The lowest BCUT2D eigenvalue weighted by atomic mass is 9.85. The summed E-state index contributed by atoms with van der Waals surface area (Å²) in [5.74, 6) is 0.755. The van der Waals surface area contributed by atoms with E-state index in [4.69, 9.17) is 0 Å². The molecule has 0 N–H and O–H groups in total. The number of piperidine rings is 1. The van der Waals surface area contributed by atoms with E-state index in [1.165, 1.54) is 12.8 Å². The first-order valence-electron chi connectivity index (χ1n) is 7.02. The van der Waals surface area contributed by atoms with Crippen LogP contribution in [0.4, 0.5) is 0 Å². The van der Waals surface area contributed by atoms with E-state index >= 15 is 0 Å². The molecule has 0 saturated carbocycles. The Labute approximate surface area is 109 Å². The zero-order valence-electron chi connectivity index (χ0n) is 11.0. The molecule has 2 fully saturated rings. The van der Waals surface area contributed by atoms with Crippen LogP contribution in [0, 0.1) is 5.92 Å². The fraction of sp³-hybridized carbons (Fsp3) is 0.562. The fourth-order valence-electron chi connectivity index (χ4n) is 3.62. The van der Waals surface area contributed by atoms with Gasteiger partial charge < -0.3 is 4.90 Å². The van der Waals surface area contributed by atoms with Crippen molar-refractivity contribution in [3.05, 3.63) is 35.9 Å². The van der Waals surface area contributed by atoms with Gasteiger partial charge in [0.05, 0.1) is 0 Å². The van der Waals surface area contributed by atoms with Crippen LogP contribution >= 0.6 is 0 Å². The zero-order valence-corrected chi connectivity index (χ0v) is 11.0. The van der Waals surface area contributed by atoms with Gasteiger partial charge in [-0.15, -0.1) is 0 Å². The molecule has 2 heterocycles. The summed E-state index contributed by atoms with van der Waals surface area (Å²) >= 11 is 0. The highest BCUT2D eigenvalue weighted by molar-refractivity contribution is 5.83. The van der Waals surface area contributed by atoms with Gasteiger partial charge in [0, 0.05) is 24.4 Å². The molecular weight excluding hydrogens is 222 g/mol. The van der Waals surface area contributed by atoms with Crippen LogP contribution in [0.5, 0.6) is 0 Å². The summed E-state index contributed by atoms with van der Waals surface area (Å²) in [6.07, 6.45) is 5.36. The molecule has 18 heavy (non-hydrogen) atoms. The van der Waals surface area contributed by atoms with Crippen molar-refractivity contribution in [3.63, 3.8) is 0 Å². The Balaban J connectivity index is 1.64. The number of hydrogen-bond acceptors (Lipinski definition) is 2. The van der Waals surface area contributed by atoms with Gasteiger partial charge in [-0.1, -0.05) is 30.3 Å². The molecule has 0 amide bonds.